The van der Waals surface area contributed by atoms with Crippen LogP contribution in [0.3, 0.4) is 0 Å². The maximum atomic E-state index is 12.9. The highest BCUT2D eigenvalue weighted by atomic mass is 16.5. The second-order valence-electron chi connectivity index (χ2n) is 6.64. The number of H-pyrrole nitrogens is 1. The summed E-state index contributed by atoms with van der Waals surface area (Å²) >= 11 is 0. The third-order valence-electron chi connectivity index (χ3n) is 4.91. The van der Waals surface area contributed by atoms with Gasteiger partial charge in [0.05, 0.1) is 40.9 Å². The SMILES string of the molecule is COc1ccc(C)cc1-c1nc2c(C)c3ncn(C)c3c(C)c2c(=O)[nH]1. The Bertz CT molecular complexity index is 1230. The Morgan fingerprint density at radius 3 is 2.62 bits per heavy atom. The summed E-state index contributed by atoms with van der Waals surface area (Å²) in [5.74, 6) is 1.17. The van der Waals surface area contributed by atoms with Gasteiger partial charge >= 0.3 is 0 Å². The average molecular weight is 348 g/mol. The van der Waals surface area contributed by atoms with Crippen molar-refractivity contribution in [2.45, 2.75) is 20.8 Å². The van der Waals surface area contributed by atoms with Crippen molar-refractivity contribution >= 4 is 21.9 Å². The van der Waals surface area contributed by atoms with Crippen LogP contribution in [-0.4, -0.2) is 26.6 Å². The predicted molar refractivity (Wildman–Crippen MR) is 103 cm³/mol. The van der Waals surface area contributed by atoms with Crippen molar-refractivity contribution in [2.24, 2.45) is 7.05 Å². The molecule has 0 saturated carbocycles. The topological polar surface area (TPSA) is 72.8 Å². The van der Waals surface area contributed by atoms with Crippen molar-refractivity contribution in [1.82, 2.24) is 19.5 Å². The van der Waals surface area contributed by atoms with Crippen molar-refractivity contribution in [2.75, 3.05) is 7.11 Å². The van der Waals surface area contributed by atoms with E-state index in [2.05, 4.69) is 9.97 Å². The number of ether oxygens (including phenoxy) is 1. The van der Waals surface area contributed by atoms with E-state index < -0.39 is 0 Å². The van der Waals surface area contributed by atoms with E-state index in [0.717, 1.165) is 33.3 Å². The van der Waals surface area contributed by atoms with Gasteiger partial charge in [-0.15, -0.1) is 0 Å². The lowest BCUT2D eigenvalue weighted by Crippen LogP contribution is -2.13. The number of hydrogen-bond donors (Lipinski definition) is 1. The highest BCUT2D eigenvalue weighted by Crippen LogP contribution is 2.32. The summed E-state index contributed by atoms with van der Waals surface area (Å²) in [6, 6.07) is 5.81. The standard InChI is InChI=1S/C20H20N4O2/c1-10-6-7-14(26-5)13(8-10)19-22-16-12(3)17-18(24(4)9-21-17)11(2)15(16)20(25)23-19/h6-9H,1-5H3,(H,22,23,25). The lowest BCUT2D eigenvalue weighted by Gasteiger charge is -2.12. The molecule has 2 aromatic heterocycles. The Morgan fingerprint density at radius 1 is 1.12 bits per heavy atom. The molecule has 0 atom stereocenters. The number of benzene rings is 2. The van der Waals surface area contributed by atoms with Crippen LogP contribution in [0.2, 0.25) is 0 Å². The first kappa shape index (κ1) is 16.3. The lowest BCUT2D eigenvalue weighted by molar-refractivity contribution is 0.416. The maximum absolute atomic E-state index is 12.9. The van der Waals surface area contributed by atoms with Crippen LogP contribution >= 0.6 is 0 Å². The Morgan fingerprint density at radius 2 is 1.88 bits per heavy atom. The van der Waals surface area contributed by atoms with Crippen molar-refractivity contribution in [3.05, 3.63) is 51.6 Å². The molecule has 0 amide bonds. The third kappa shape index (κ3) is 2.22. The van der Waals surface area contributed by atoms with E-state index in [1.165, 1.54) is 0 Å². The van der Waals surface area contributed by atoms with Crippen LogP contribution in [0.25, 0.3) is 33.3 Å². The summed E-state index contributed by atoms with van der Waals surface area (Å²) in [7, 11) is 3.54. The van der Waals surface area contributed by atoms with Crippen LogP contribution in [0.1, 0.15) is 16.7 Å². The molecule has 4 aromatic rings. The molecule has 0 aliphatic carbocycles. The number of imidazole rings is 1. The zero-order valence-corrected chi connectivity index (χ0v) is 15.5. The number of methoxy groups -OCH3 is 1. The van der Waals surface area contributed by atoms with Crippen molar-refractivity contribution in [1.29, 1.82) is 0 Å². The normalized spacial score (nSPS) is 11.4. The molecule has 0 unspecified atom stereocenters. The number of fused-ring (bicyclic) bond motifs is 2. The summed E-state index contributed by atoms with van der Waals surface area (Å²) in [4.78, 5) is 25.2. The number of aryl methyl sites for hydroxylation is 4. The van der Waals surface area contributed by atoms with E-state index >= 15 is 0 Å². The van der Waals surface area contributed by atoms with Crippen LogP contribution in [0.15, 0.2) is 29.3 Å². The van der Waals surface area contributed by atoms with Gasteiger partial charge in [-0.3, -0.25) is 4.79 Å². The van der Waals surface area contributed by atoms with E-state index in [1.807, 2.05) is 50.6 Å². The Hall–Kier alpha value is -3.15. The molecule has 0 saturated heterocycles. The van der Waals surface area contributed by atoms with Gasteiger partial charge in [-0.1, -0.05) is 11.6 Å². The van der Waals surface area contributed by atoms with Crippen LogP contribution in [0.5, 0.6) is 5.75 Å². The van der Waals surface area contributed by atoms with Gasteiger partial charge in [0.1, 0.15) is 11.6 Å². The zero-order valence-electron chi connectivity index (χ0n) is 15.5. The molecule has 0 bridgehead atoms. The van der Waals surface area contributed by atoms with Gasteiger partial charge in [0.2, 0.25) is 0 Å². The lowest BCUT2D eigenvalue weighted by atomic mass is 10.0. The van der Waals surface area contributed by atoms with Crippen molar-refractivity contribution in [3.8, 4) is 17.1 Å². The van der Waals surface area contributed by atoms with Gasteiger partial charge in [-0.2, -0.15) is 0 Å². The molecule has 0 aliphatic heterocycles. The van der Waals surface area contributed by atoms with Gasteiger partial charge in [-0.25, -0.2) is 9.97 Å². The van der Waals surface area contributed by atoms with Gasteiger partial charge in [0.15, 0.2) is 0 Å². The molecule has 0 fully saturated rings. The molecule has 0 spiro atoms. The summed E-state index contributed by atoms with van der Waals surface area (Å²) in [6.45, 7) is 5.89. The summed E-state index contributed by atoms with van der Waals surface area (Å²) in [5.41, 5.74) is 5.98. The minimum Gasteiger partial charge on any atom is -0.496 e. The van der Waals surface area contributed by atoms with Crippen LogP contribution in [-0.2, 0) is 7.05 Å². The number of rotatable bonds is 2. The number of aromatic nitrogens is 4. The molecule has 4 rings (SSSR count). The maximum Gasteiger partial charge on any atom is 0.259 e. The fourth-order valence-corrected chi connectivity index (χ4v) is 3.60. The van der Waals surface area contributed by atoms with Crippen molar-refractivity contribution in [3.63, 3.8) is 0 Å². The van der Waals surface area contributed by atoms with E-state index in [9.17, 15) is 4.79 Å². The number of nitrogens with one attached hydrogen (secondary N) is 1. The minimum atomic E-state index is -0.155. The Labute approximate surface area is 150 Å². The van der Waals surface area contributed by atoms with E-state index in [-0.39, 0.29) is 5.56 Å². The highest BCUT2D eigenvalue weighted by Gasteiger charge is 2.18. The molecule has 1 N–H and O–H groups in total. The van der Waals surface area contributed by atoms with Crippen molar-refractivity contribution < 1.29 is 4.74 Å². The molecule has 132 valence electrons. The second-order valence-corrected chi connectivity index (χ2v) is 6.64. The number of aromatic amines is 1. The zero-order chi connectivity index (χ0) is 18.6. The van der Waals surface area contributed by atoms with Crippen LogP contribution in [0.4, 0.5) is 0 Å². The van der Waals surface area contributed by atoms with Gasteiger partial charge in [-0.05, 0) is 38.5 Å². The molecule has 26 heavy (non-hydrogen) atoms. The predicted octanol–water partition coefficient (Wildman–Crippen LogP) is 3.41. The molecule has 2 heterocycles. The summed E-state index contributed by atoms with van der Waals surface area (Å²) in [5, 5.41) is 0.606. The van der Waals surface area contributed by atoms with Gasteiger partial charge in [0.25, 0.3) is 5.56 Å². The molecular formula is C20H20N4O2. The minimum absolute atomic E-state index is 0.155. The smallest absolute Gasteiger partial charge is 0.259 e. The monoisotopic (exact) mass is 348 g/mol. The summed E-state index contributed by atoms with van der Waals surface area (Å²) in [6.07, 6.45) is 1.77. The van der Waals surface area contributed by atoms with E-state index in [4.69, 9.17) is 9.72 Å². The number of nitrogens with zero attached hydrogens (tertiary/aromatic N) is 3. The highest BCUT2D eigenvalue weighted by molar-refractivity contribution is 6.01. The van der Waals surface area contributed by atoms with Gasteiger partial charge in [0, 0.05) is 12.6 Å². The van der Waals surface area contributed by atoms with Gasteiger partial charge < -0.3 is 14.3 Å². The van der Waals surface area contributed by atoms with E-state index in [0.29, 0.717) is 22.5 Å². The first-order chi connectivity index (χ1) is 12.4. The first-order valence-corrected chi connectivity index (χ1v) is 8.41. The molecule has 0 radical (unpaired) electrons. The molecule has 2 aromatic carbocycles. The second kappa shape index (κ2) is 5.69. The molecule has 0 aliphatic rings. The fraction of sp³-hybridized carbons (Fsp3) is 0.250. The van der Waals surface area contributed by atoms with Crippen LogP contribution < -0.4 is 10.3 Å². The van der Waals surface area contributed by atoms with Crippen LogP contribution in [0, 0.1) is 20.8 Å². The van der Waals surface area contributed by atoms with E-state index in [1.54, 1.807) is 13.4 Å². The average Bonchev–Trinajstić information content (AvgIpc) is 3.01. The molecule has 6 nitrogen and oxygen atoms in total. The third-order valence-corrected chi connectivity index (χ3v) is 4.91. The quantitative estimate of drug-likeness (QED) is 0.602. The Kier molecular flexibility index (Phi) is 3.57. The first-order valence-electron chi connectivity index (χ1n) is 8.41. The molecular weight excluding hydrogens is 328 g/mol. The Balaban J connectivity index is 2.13. The number of hydrogen-bond acceptors (Lipinski definition) is 4. The largest absolute Gasteiger partial charge is 0.496 e. The summed E-state index contributed by atoms with van der Waals surface area (Å²) < 4.78 is 7.40. The fourth-order valence-electron chi connectivity index (χ4n) is 3.60. The molecule has 6 heteroatoms.